The van der Waals surface area contributed by atoms with Crippen LogP contribution in [-0.2, 0) is 0 Å². The molecule has 5 heteroatoms. The van der Waals surface area contributed by atoms with Gasteiger partial charge < -0.3 is 10.0 Å². The second-order valence-corrected chi connectivity index (χ2v) is 6.24. The predicted molar refractivity (Wildman–Crippen MR) is 95.8 cm³/mol. The number of benzene rings is 1. The van der Waals surface area contributed by atoms with Crippen molar-refractivity contribution in [2.45, 2.75) is 19.4 Å². The van der Waals surface area contributed by atoms with E-state index in [0.29, 0.717) is 23.0 Å². The van der Waals surface area contributed by atoms with E-state index in [1.165, 1.54) is 11.3 Å². The van der Waals surface area contributed by atoms with Crippen molar-refractivity contribution in [1.29, 1.82) is 5.41 Å². The minimum absolute atomic E-state index is 0.167. The van der Waals surface area contributed by atoms with E-state index >= 15 is 0 Å². The molecule has 0 fully saturated rings. The molecule has 0 amide bonds. The number of amidine groups is 1. The van der Waals surface area contributed by atoms with E-state index in [1.54, 1.807) is 6.08 Å². The molecular formula is C18H19N3OS. The molecule has 0 spiro atoms. The van der Waals surface area contributed by atoms with E-state index in [4.69, 9.17) is 5.41 Å². The number of aliphatic hydroxyl groups excluding tert-OH is 1. The highest BCUT2D eigenvalue weighted by Crippen LogP contribution is 2.35. The largest absolute Gasteiger partial charge is 0.509 e. The van der Waals surface area contributed by atoms with Gasteiger partial charge in [-0.05, 0) is 6.42 Å². The van der Waals surface area contributed by atoms with E-state index in [1.807, 2.05) is 47.5 Å². The Kier molecular flexibility index (Phi) is 4.30. The monoisotopic (exact) mass is 325 g/mol. The highest BCUT2D eigenvalue weighted by atomic mass is 32.1. The predicted octanol–water partition coefficient (Wildman–Crippen LogP) is 4.34. The molecule has 1 aliphatic rings. The molecule has 2 aromatic rings. The van der Waals surface area contributed by atoms with Crippen molar-refractivity contribution in [2.75, 3.05) is 6.54 Å². The van der Waals surface area contributed by atoms with Crippen molar-refractivity contribution in [3.8, 4) is 11.3 Å². The maximum atomic E-state index is 10.6. The SMILES string of the molecule is C=CCN1C(=N)C(c2nc(-c3ccccc3)cs2)=C(O)[C@@H]1CC. The van der Waals surface area contributed by atoms with E-state index in [2.05, 4.69) is 11.6 Å². The molecule has 0 saturated heterocycles. The highest BCUT2D eigenvalue weighted by Gasteiger charge is 2.37. The Morgan fingerprint density at radius 3 is 2.78 bits per heavy atom. The molecule has 1 aromatic heterocycles. The minimum atomic E-state index is -0.167. The lowest BCUT2D eigenvalue weighted by Gasteiger charge is -2.24. The summed E-state index contributed by atoms with van der Waals surface area (Å²) in [6, 6.07) is 9.76. The minimum Gasteiger partial charge on any atom is -0.509 e. The van der Waals surface area contributed by atoms with Crippen LogP contribution in [0.1, 0.15) is 18.4 Å². The number of thiazole rings is 1. The number of aliphatic hydroxyl groups is 1. The van der Waals surface area contributed by atoms with Crippen molar-refractivity contribution in [3.63, 3.8) is 0 Å². The third-order valence-corrected chi connectivity index (χ3v) is 4.83. The first-order chi connectivity index (χ1) is 11.2. The van der Waals surface area contributed by atoms with E-state index in [0.717, 1.165) is 17.7 Å². The fourth-order valence-electron chi connectivity index (χ4n) is 2.85. The summed E-state index contributed by atoms with van der Waals surface area (Å²) < 4.78 is 0. The molecule has 4 nitrogen and oxygen atoms in total. The average Bonchev–Trinajstić information content (AvgIpc) is 3.13. The van der Waals surface area contributed by atoms with Gasteiger partial charge in [0, 0.05) is 17.5 Å². The van der Waals surface area contributed by atoms with Gasteiger partial charge in [0.05, 0.1) is 17.3 Å². The van der Waals surface area contributed by atoms with Crippen molar-refractivity contribution in [3.05, 3.63) is 59.1 Å². The van der Waals surface area contributed by atoms with Gasteiger partial charge in [-0.25, -0.2) is 4.98 Å². The molecule has 0 unspecified atom stereocenters. The van der Waals surface area contributed by atoms with Gasteiger partial charge in [0.2, 0.25) is 0 Å². The summed E-state index contributed by atoms with van der Waals surface area (Å²) in [5, 5.41) is 21.6. The van der Waals surface area contributed by atoms with Crippen LogP contribution < -0.4 is 0 Å². The lowest BCUT2D eigenvalue weighted by molar-refractivity contribution is 0.280. The van der Waals surface area contributed by atoms with Gasteiger partial charge >= 0.3 is 0 Å². The van der Waals surface area contributed by atoms with Gasteiger partial charge in [0.15, 0.2) is 0 Å². The zero-order chi connectivity index (χ0) is 16.4. The van der Waals surface area contributed by atoms with Crippen LogP contribution in [0, 0.1) is 5.41 Å². The third-order valence-electron chi connectivity index (χ3n) is 3.97. The van der Waals surface area contributed by atoms with Gasteiger partial charge in [0.25, 0.3) is 0 Å². The third kappa shape index (κ3) is 2.68. The number of nitrogens with one attached hydrogen (secondary N) is 1. The zero-order valence-electron chi connectivity index (χ0n) is 13.0. The molecule has 2 N–H and O–H groups in total. The lowest BCUT2D eigenvalue weighted by atomic mass is 10.1. The van der Waals surface area contributed by atoms with Gasteiger partial charge in [-0.1, -0.05) is 43.3 Å². The summed E-state index contributed by atoms with van der Waals surface area (Å²) in [5.74, 6) is 0.566. The van der Waals surface area contributed by atoms with Crippen LogP contribution in [0.15, 0.2) is 54.1 Å². The normalized spacial score (nSPS) is 17.9. The molecule has 0 bridgehead atoms. The Balaban J connectivity index is 1.98. The Hall–Kier alpha value is -2.40. The summed E-state index contributed by atoms with van der Waals surface area (Å²) in [5.41, 5.74) is 2.45. The summed E-state index contributed by atoms with van der Waals surface area (Å²) in [6.45, 7) is 6.29. The smallest absolute Gasteiger partial charge is 0.135 e. The molecule has 3 rings (SSSR count). The van der Waals surface area contributed by atoms with Crippen LogP contribution in [0.2, 0.25) is 0 Å². The zero-order valence-corrected chi connectivity index (χ0v) is 13.8. The Morgan fingerprint density at radius 2 is 2.13 bits per heavy atom. The average molecular weight is 325 g/mol. The number of rotatable bonds is 5. The molecule has 0 radical (unpaired) electrons. The van der Waals surface area contributed by atoms with Crippen LogP contribution >= 0.6 is 11.3 Å². The first kappa shape index (κ1) is 15.5. The Labute approximate surface area is 139 Å². The van der Waals surface area contributed by atoms with E-state index < -0.39 is 0 Å². The summed E-state index contributed by atoms with van der Waals surface area (Å²) in [7, 11) is 0. The maximum Gasteiger partial charge on any atom is 0.135 e. The van der Waals surface area contributed by atoms with Gasteiger partial charge in [-0.3, -0.25) is 5.41 Å². The second-order valence-electron chi connectivity index (χ2n) is 5.38. The fraction of sp³-hybridized carbons (Fsp3) is 0.222. The van der Waals surface area contributed by atoms with Crippen LogP contribution in [0.4, 0.5) is 0 Å². The van der Waals surface area contributed by atoms with Crippen molar-refractivity contribution in [1.82, 2.24) is 9.88 Å². The molecule has 118 valence electrons. The van der Waals surface area contributed by atoms with E-state index in [9.17, 15) is 5.11 Å². The van der Waals surface area contributed by atoms with Crippen molar-refractivity contribution in [2.24, 2.45) is 0 Å². The number of aromatic nitrogens is 1. The molecule has 1 atom stereocenters. The molecular weight excluding hydrogens is 306 g/mol. The van der Waals surface area contributed by atoms with Crippen LogP contribution in [0.3, 0.4) is 0 Å². The standard InChI is InChI=1S/C18H19N3OS/c1-3-10-21-14(4-2)16(22)15(17(21)19)18-20-13(11-23-18)12-8-6-5-7-9-12/h3,5-9,11,14,19,22H,1,4,10H2,2H3/t14-/m0/s1. The maximum absolute atomic E-state index is 10.6. The first-order valence-electron chi connectivity index (χ1n) is 7.58. The Bertz CT molecular complexity index is 764. The van der Waals surface area contributed by atoms with Gasteiger partial charge in [-0.2, -0.15) is 0 Å². The topological polar surface area (TPSA) is 60.2 Å². The summed E-state index contributed by atoms with van der Waals surface area (Å²) in [4.78, 5) is 6.50. The molecule has 1 aromatic carbocycles. The van der Waals surface area contributed by atoms with Crippen LogP contribution in [-0.4, -0.2) is 33.4 Å². The highest BCUT2D eigenvalue weighted by molar-refractivity contribution is 7.11. The lowest BCUT2D eigenvalue weighted by Crippen LogP contribution is -2.34. The van der Waals surface area contributed by atoms with Crippen molar-refractivity contribution >= 4 is 22.7 Å². The summed E-state index contributed by atoms with van der Waals surface area (Å²) >= 11 is 1.46. The number of hydrogen-bond donors (Lipinski definition) is 2. The molecule has 0 aliphatic carbocycles. The second kappa shape index (κ2) is 6.38. The number of hydrogen-bond acceptors (Lipinski definition) is 4. The van der Waals surface area contributed by atoms with Gasteiger partial charge in [0.1, 0.15) is 16.6 Å². The van der Waals surface area contributed by atoms with Gasteiger partial charge in [-0.15, -0.1) is 17.9 Å². The quantitative estimate of drug-likeness (QED) is 0.804. The summed E-state index contributed by atoms with van der Waals surface area (Å²) in [6.07, 6.45) is 2.49. The molecule has 2 heterocycles. The Morgan fingerprint density at radius 1 is 1.39 bits per heavy atom. The molecule has 1 aliphatic heterocycles. The first-order valence-corrected chi connectivity index (χ1v) is 8.46. The molecule has 23 heavy (non-hydrogen) atoms. The van der Waals surface area contributed by atoms with Crippen molar-refractivity contribution < 1.29 is 5.11 Å². The van der Waals surface area contributed by atoms with Crippen LogP contribution in [0.5, 0.6) is 0 Å². The molecule has 0 saturated carbocycles. The number of nitrogens with zero attached hydrogens (tertiary/aromatic N) is 2. The van der Waals surface area contributed by atoms with Crippen LogP contribution in [0.25, 0.3) is 16.8 Å². The van der Waals surface area contributed by atoms with E-state index in [-0.39, 0.29) is 11.8 Å². The fourth-order valence-corrected chi connectivity index (χ4v) is 3.73.